The summed E-state index contributed by atoms with van der Waals surface area (Å²) in [5.41, 5.74) is 1.59. The molecule has 1 aromatic rings. The minimum atomic E-state index is -0.997. The minimum Gasteiger partial charge on any atom is -0.481 e. The van der Waals surface area contributed by atoms with E-state index in [1.54, 1.807) is 24.3 Å². The average Bonchev–Trinajstić information content (AvgIpc) is 2.34. The first-order valence-corrected chi connectivity index (χ1v) is 5.79. The molecule has 0 aromatic heterocycles. The molecule has 18 heavy (non-hydrogen) atoms. The second kappa shape index (κ2) is 6.59. The summed E-state index contributed by atoms with van der Waals surface area (Å²) in [7, 11) is 0. The van der Waals surface area contributed by atoms with Crippen molar-refractivity contribution in [2.24, 2.45) is 0 Å². The fourth-order valence-electron chi connectivity index (χ4n) is 1.78. The third-order valence-corrected chi connectivity index (χ3v) is 2.55. The monoisotopic (exact) mass is 248 g/mol. The van der Waals surface area contributed by atoms with Gasteiger partial charge in [-0.05, 0) is 23.6 Å². The highest BCUT2D eigenvalue weighted by molar-refractivity contribution is 5.94. The summed E-state index contributed by atoms with van der Waals surface area (Å²) in [4.78, 5) is 21.7. The van der Waals surface area contributed by atoms with E-state index in [0.717, 1.165) is 12.0 Å². The number of aromatic carboxylic acids is 1. The molecule has 0 atom stereocenters. The molecule has 0 saturated heterocycles. The molecule has 0 aliphatic carbocycles. The van der Waals surface area contributed by atoms with Gasteiger partial charge in [0.25, 0.3) is 0 Å². The molecule has 0 spiro atoms. The summed E-state index contributed by atoms with van der Waals surface area (Å²) in [6.45, 7) is 1.97. The third kappa shape index (κ3) is 3.73. The second-order valence-corrected chi connectivity index (χ2v) is 3.93. The van der Waals surface area contributed by atoms with Crippen molar-refractivity contribution < 1.29 is 19.8 Å². The molecule has 1 rings (SSSR count). The zero-order valence-electron chi connectivity index (χ0n) is 10.2. The SMILES string of the molecule is CCC/C(=C\CC(=O)O)c1ccccc1C(=O)O. The largest absolute Gasteiger partial charge is 0.481 e. The summed E-state index contributed by atoms with van der Waals surface area (Å²) in [6, 6.07) is 6.66. The average molecular weight is 248 g/mol. The summed E-state index contributed by atoms with van der Waals surface area (Å²) in [6.07, 6.45) is 2.99. The first kappa shape index (κ1) is 14.0. The van der Waals surface area contributed by atoms with Crippen LogP contribution in [0.5, 0.6) is 0 Å². The van der Waals surface area contributed by atoms with Gasteiger partial charge in [0.05, 0.1) is 12.0 Å². The van der Waals surface area contributed by atoms with Crippen LogP contribution in [0.25, 0.3) is 5.57 Å². The molecule has 1 aromatic carbocycles. The van der Waals surface area contributed by atoms with E-state index in [2.05, 4.69) is 0 Å². The Balaban J connectivity index is 3.16. The van der Waals surface area contributed by atoms with E-state index < -0.39 is 11.9 Å². The molecular formula is C14H16O4. The Kier molecular flexibility index (Phi) is 5.11. The smallest absolute Gasteiger partial charge is 0.336 e. The van der Waals surface area contributed by atoms with E-state index in [0.29, 0.717) is 12.0 Å². The van der Waals surface area contributed by atoms with Gasteiger partial charge in [-0.25, -0.2) is 4.79 Å². The minimum absolute atomic E-state index is 0.0940. The molecule has 0 amide bonds. The lowest BCUT2D eigenvalue weighted by molar-refractivity contribution is -0.136. The molecule has 0 saturated carbocycles. The standard InChI is InChI=1S/C14H16O4/c1-2-5-10(8-9-13(15)16)11-6-3-4-7-12(11)14(17)18/h3-4,6-8H,2,5,9H2,1H3,(H,15,16)(H,17,18)/b10-8+. The van der Waals surface area contributed by atoms with Crippen molar-refractivity contribution in [2.45, 2.75) is 26.2 Å². The summed E-state index contributed by atoms with van der Waals surface area (Å²) in [5.74, 6) is -1.92. The molecule has 0 bridgehead atoms. The van der Waals surface area contributed by atoms with Gasteiger partial charge in [0.1, 0.15) is 0 Å². The van der Waals surface area contributed by atoms with E-state index in [-0.39, 0.29) is 12.0 Å². The van der Waals surface area contributed by atoms with Crippen LogP contribution in [0.3, 0.4) is 0 Å². The van der Waals surface area contributed by atoms with Gasteiger partial charge >= 0.3 is 11.9 Å². The normalized spacial score (nSPS) is 11.3. The van der Waals surface area contributed by atoms with Crippen molar-refractivity contribution in [1.29, 1.82) is 0 Å². The lowest BCUT2D eigenvalue weighted by Gasteiger charge is -2.09. The van der Waals surface area contributed by atoms with Gasteiger partial charge in [0.2, 0.25) is 0 Å². The number of carboxylic acids is 2. The third-order valence-electron chi connectivity index (χ3n) is 2.55. The Hall–Kier alpha value is -2.10. The molecule has 2 N–H and O–H groups in total. The van der Waals surface area contributed by atoms with E-state index in [4.69, 9.17) is 10.2 Å². The highest BCUT2D eigenvalue weighted by atomic mass is 16.4. The van der Waals surface area contributed by atoms with Crippen molar-refractivity contribution >= 4 is 17.5 Å². The molecule has 0 fully saturated rings. The second-order valence-electron chi connectivity index (χ2n) is 3.93. The lowest BCUT2D eigenvalue weighted by atomic mass is 9.95. The van der Waals surface area contributed by atoms with E-state index in [1.807, 2.05) is 6.92 Å². The first-order chi connectivity index (χ1) is 8.56. The van der Waals surface area contributed by atoms with Crippen molar-refractivity contribution in [3.8, 4) is 0 Å². The number of benzene rings is 1. The van der Waals surface area contributed by atoms with Gasteiger partial charge in [0, 0.05) is 0 Å². The van der Waals surface area contributed by atoms with Crippen molar-refractivity contribution in [3.05, 3.63) is 41.5 Å². The first-order valence-electron chi connectivity index (χ1n) is 5.79. The van der Waals surface area contributed by atoms with Gasteiger partial charge in [0.15, 0.2) is 0 Å². The van der Waals surface area contributed by atoms with E-state index in [9.17, 15) is 9.59 Å². The Morgan fingerprint density at radius 1 is 1.17 bits per heavy atom. The molecule has 96 valence electrons. The summed E-state index contributed by atoms with van der Waals surface area (Å²) < 4.78 is 0. The maximum absolute atomic E-state index is 11.1. The van der Waals surface area contributed by atoms with Gasteiger partial charge in [-0.2, -0.15) is 0 Å². The maximum atomic E-state index is 11.1. The zero-order chi connectivity index (χ0) is 13.5. The Labute approximate surface area is 106 Å². The van der Waals surface area contributed by atoms with Crippen LogP contribution >= 0.6 is 0 Å². The van der Waals surface area contributed by atoms with Crippen LogP contribution in [0, 0.1) is 0 Å². The zero-order valence-corrected chi connectivity index (χ0v) is 10.2. The number of aliphatic carboxylic acids is 1. The molecule has 0 heterocycles. The molecular weight excluding hydrogens is 232 g/mol. The molecule has 0 aliphatic heterocycles. The van der Waals surface area contributed by atoms with Crippen LogP contribution in [-0.2, 0) is 4.79 Å². The highest BCUT2D eigenvalue weighted by Gasteiger charge is 2.12. The number of hydrogen-bond acceptors (Lipinski definition) is 2. The van der Waals surface area contributed by atoms with Crippen LogP contribution in [0.1, 0.15) is 42.1 Å². The van der Waals surface area contributed by atoms with Crippen molar-refractivity contribution in [1.82, 2.24) is 0 Å². The van der Waals surface area contributed by atoms with Crippen LogP contribution in [0.4, 0.5) is 0 Å². The lowest BCUT2D eigenvalue weighted by Crippen LogP contribution is -2.02. The Morgan fingerprint density at radius 3 is 2.28 bits per heavy atom. The van der Waals surface area contributed by atoms with Crippen LogP contribution < -0.4 is 0 Å². The van der Waals surface area contributed by atoms with E-state index >= 15 is 0 Å². The van der Waals surface area contributed by atoms with Crippen molar-refractivity contribution in [2.75, 3.05) is 0 Å². The number of allylic oxidation sites excluding steroid dienone is 1. The van der Waals surface area contributed by atoms with Gasteiger partial charge < -0.3 is 10.2 Å². The van der Waals surface area contributed by atoms with Crippen molar-refractivity contribution in [3.63, 3.8) is 0 Å². The number of rotatable bonds is 6. The fourth-order valence-corrected chi connectivity index (χ4v) is 1.78. The molecule has 0 radical (unpaired) electrons. The van der Waals surface area contributed by atoms with Crippen LogP contribution in [0.15, 0.2) is 30.3 Å². The van der Waals surface area contributed by atoms with Gasteiger partial charge in [-0.1, -0.05) is 37.6 Å². The van der Waals surface area contributed by atoms with E-state index in [1.165, 1.54) is 6.07 Å². The van der Waals surface area contributed by atoms with Crippen LogP contribution in [0.2, 0.25) is 0 Å². The van der Waals surface area contributed by atoms with Crippen LogP contribution in [-0.4, -0.2) is 22.2 Å². The highest BCUT2D eigenvalue weighted by Crippen LogP contribution is 2.24. The molecule has 4 nitrogen and oxygen atoms in total. The molecule has 4 heteroatoms. The fraction of sp³-hybridized carbons (Fsp3) is 0.286. The maximum Gasteiger partial charge on any atom is 0.336 e. The topological polar surface area (TPSA) is 74.6 Å². The Bertz CT molecular complexity index is 474. The molecule has 0 aliphatic rings. The molecule has 0 unspecified atom stereocenters. The number of carbonyl (C=O) groups is 2. The summed E-state index contributed by atoms with van der Waals surface area (Å²) >= 11 is 0. The van der Waals surface area contributed by atoms with Gasteiger partial charge in [-0.3, -0.25) is 4.79 Å². The predicted octanol–water partition coefficient (Wildman–Crippen LogP) is 3.04. The van der Waals surface area contributed by atoms with Gasteiger partial charge in [-0.15, -0.1) is 0 Å². The summed E-state index contributed by atoms with van der Waals surface area (Å²) in [5, 5.41) is 17.8. The predicted molar refractivity (Wildman–Crippen MR) is 68.5 cm³/mol. The Morgan fingerprint density at radius 2 is 1.78 bits per heavy atom. The number of hydrogen-bond donors (Lipinski definition) is 2. The number of carboxylic acid groups (broad SMARTS) is 2. The quantitative estimate of drug-likeness (QED) is 0.811.